The fourth-order valence-electron chi connectivity index (χ4n) is 3.79. The molecule has 7 heteroatoms. The molecule has 0 aliphatic carbocycles. The number of carbonyl (C=O) groups excluding carboxylic acids is 2. The molecule has 1 N–H and O–H groups in total. The lowest BCUT2D eigenvalue weighted by atomic mass is 9.98. The van der Waals surface area contributed by atoms with E-state index >= 15 is 0 Å². The SMILES string of the molecule is CCOC(=O)c1ccc(N2CCCN(C(=O)Nc3c(C)cccc3C(C)C)CC2)nc1. The second-order valence-electron chi connectivity index (χ2n) is 8.08. The lowest BCUT2D eigenvalue weighted by Gasteiger charge is -2.24. The summed E-state index contributed by atoms with van der Waals surface area (Å²) < 4.78 is 5.01. The molecule has 3 rings (SSSR count). The summed E-state index contributed by atoms with van der Waals surface area (Å²) in [7, 11) is 0. The zero-order valence-electron chi connectivity index (χ0n) is 18.9. The van der Waals surface area contributed by atoms with E-state index in [1.807, 2.05) is 30.0 Å². The molecule has 166 valence electrons. The van der Waals surface area contributed by atoms with Crippen molar-refractivity contribution in [2.24, 2.45) is 0 Å². The Morgan fingerprint density at radius 1 is 1.13 bits per heavy atom. The number of rotatable bonds is 5. The molecule has 1 aromatic heterocycles. The predicted molar refractivity (Wildman–Crippen MR) is 123 cm³/mol. The van der Waals surface area contributed by atoms with Crippen LogP contribution in [0.25, 0.3) is 0 Å². The van der Waals surface area contributed by atoms with E-state index in [2.05, 4.69) is 35.1 Å². The smallest absolute Gasteiger partial charge is 0.339 e. The number of urea groups is 1. The van der Waals surface area contributed by atoms with Gasteiger partial charge in [-0.05, 0) is 49.4 Å². The van der Waals surface area contributed by atoms with E-state index in [9.17, 15) is 9.59 Å². The molecule has 2 amide bonds. The maximum atomic E-state index is 13.0. The van der Waals surface area contributed by atoms with E-state index in [0.717, 1.165) is 35.6 Å². The van der Waals surface area contributed by atoms with E-state index in [-0.39, 0.29) is 12.0 Å². The predicted octanol–water partition coefficient (Wildman–Crippen LogP) is 4.43. The van der Waals surface area contributed by atoms with Gasteiger partial charge in [0.25, 0.3) is 0 Å². The number of aromatic nitrogens is 1. The molecule has 1 aliphatic rings. The quantitative estimate of drug-likeness (QED) is 0.719. The summed E-state index contributed by atoms with van der Waals surface area (Å²) in [6, 6.07) is 9.64. The van der Waals surface area contributed by atoms with Gasteiger partial charge in [0.05, 0.1) is 12.2 Å². The van der Waals surface area contributed by atoms with Crippen molar-refractivity contribution in [2.75, 3.05) is 43.0 Å². The van der Waals surface area contributed by atoms with E-state index < -0.39 is 0 Å². The Kier molecular flexibility index (Phi) is 7.50. The normalized spacial score (nSPS) is 14.4. The largest absolute Gasteiger partial charge is 0.462 e. The number of carbonyl (C=O) groups is 2. The molecular formula is C24H32N4O3. The van der Waals surface area contributed by atoms with Crippen LogP contribution < -0.4 is 10.2 Å². The number of nitrogens with zero attached hydrogens (tertiary/aromatic N) is 3. The summed E-state index contributed by atoms with van der Waals surface area (Å²) in [6.45, 7) is 11.2. The number of hydrogen-bond donors (Lipinski definition) is 1. The summed E-state index contributed by atoms with van der Waals surface area (Å²) in [5.41, 5.74) is 3.58. The molecule has 7 nitrogen and oxygen atoms in total. The van der Waals surface area contributed by atoms with Crippen molar-refractivity contribution in [3.63, 3.8) is 0 Å². The van der Waals surface area contributed by atoms with E-state index in [4.69, 9.17) is 4.74 Å². The van der Waals surface area contributed by atoms with Crippen LogP contribution in [0, 0.1) is 6.92 Å². The van der Waals surface area contributed by atoms with Crippen molar-refractivity contribution in [3.05, 3.63) is 53.2 Å². The van der Waals surface area contributed by atoms with Crippen molar-refractivity contribution < 1.29 is 14.3 Å². The summed E-state index contributed by atoms with van der Waals surface area (Å²) in [5.74, 6) is 0.770. The number of benzene rings is 1. The van der Waals surface area contributed by atoms with Crippen molar-refractivity contribution in [3.8, 4) is 0 Å². The number of amides is 2. The first-order valence-electron chi connectivity index (χ1n) is 10.9. The molecule has 1 saturated heterocycles. The molecule has 0 bridgehead atoms. The fourth-order valence-corrected chi connectivity index (χ4v) is 3.79. The van der Waals surface area contributed by atoms with Crippen molar-refractivity contribution >= 4 is 23.5 Å². The molecule has 0 saturated carbocycles. The van der Waals surface area contributed by atoms with Gasteiger partial charge in [-0.1, -0.05) is 32.0 Å². The first-order valence-corrected chi connectivity index (χ1v) is 10.9. The molecule has 2 heterocycles. The summed E-state index contributed by atoms with van der Waals surface area (Å²) in [4.78, 5) is 33.3. The summed E-state index contributed by atoms with van der Waals surface area (Å²) in [5, 5.41) is 3.15. The average Bonchev–Trinajstić information content (AvgIpc) is 3.01. The minimum atomic E-state index is -0.364. The monoisotopic (exact) mass is 424 g/mol. The van der Waals surface area contributed by atoms with Crippen LogP contribution >= 0.6 is 0 Å². The Labute approximate surface area is 184 Å². The highest BCUT2D eigenvalue weighted by atomic mass is 16.5. The Bertz CT molecular complexity index is 912. The molecular weight excluding hydrogens is 392 g/mol. The third-order valence-corrected chi connectivity index (χ3v) is 5.53. The zero-order chi connectivity index (χ0) is 22.4. The van der Waals surface area contributed by atoms with Gasteiger partial charge in [0.1, 0.15) is 5.82 Å². The number of ether oxygens (including phenoxy) is 1. The fraction of sp³-hybridized carbons (Fsp3) is 0.458. The van der Waals surface area contributed by atoms with Gasteiger partial charge in [-0.15, -0.1) is 0 Å². The molecule has 0 spiro atoms. The topological polar surface area (TPSA) is 74.8 Å². The molecule has 1 aliphatic heterocycles. The van der Waals surface area contributed by atoms with Gasteiger partial charge >= 0.3 is 12.0 Å². The Morgan fingerprint density at radius 2 is 1.94 bits per heavy atom. The van der Waals surface area contributed by atoms with Crippen molar-refractivity contribution in [1.82, 2.24) is 9.88 Å². The number of pyridine rings is 1. The Morgan fingerprint density at radius 3 is 2.61 bits per heavy atom. The molecule has 0 unspecified atom stereocenters. The van der Waals surface area contributed by atoms with Crippen LogP contribution in [0.4, 0.5) is 16.3 Å². The maximum absolute atomic E-state index is 13.0. The number of esters is 1. The van der Waals surface area contributed by atoms with E-state index in [1.165, 1.54) is 0 Å². The number of hydrogen-bond acceptors (Lipinski definition) is 5. The summed E-state index contributed by atoms with van der Waals surface area (Å²) >= 11 is 0. The molecule has 0 atom stereocenters. The lowest BCUT2D eigenvalue weighted by Crippen LogP contribution is -2.38. The van der Waals surface area contributed by atoms with Crippen LogP contribution in [-0.2, 0) is 4.74 Å². The van der Waals surface area contributed by atoms with Gasteiger partial charge in [-0.2, -0.15) is 0 Å². The van der Waals surface area contributed by atoms with Gasteiger partial charge in [0.2, 0.25) is 0 Å². The van der Waals surface area contributed by atoms with Gasteiger partial charge in [-0.3, -0.25) is 0 Å². The minimum absolute atomic E-state index is 0.0660. The number of aryl methyl sites for hydroxylation is 1. The number of nitrogens with one attached hydrogen (secondary N) is 1. The van der Waals surface area contributed by atoms with E-state index in [0.29, 0.717) is 37.7 Å². The zero-order valence-corrected chi connectivity index (χ0v) is 18.9. The number of para-hydroxylation sites is 1. The third-order valence-electron chi connectivity index (χ3n) is 5.53. The van der Waals surface area contributed by atoms with Crippen LogP contribution in [0.1, 0.15) is 54.6 Å². The molecule has 0 radical (unpaired) electrons. The van der Waals surface area contributed by atoms with Crippen molar-refractivity contribution in [1.29, 1.82) is 0 Å². The molecule has 2 aromatic rings. The second-order valence-corrected chi connectivity index (χ2v) is 8.08. The van der Waals surface area contributed by atoms with Gasteiger partial charge in [0, 0.05) is 38.1 Å². The summed E-state index contributed by atoms with van der Waals surface area (Å²) in [6.07, 6.45) is 2.40. The second kappa shape index (κ2) is 10.3. The highest BCUT2D eigenvalue weighted by Crippen LogP contribution is 2.28. The maximum Gasteiger partial charge on any atom is 0.339 e. The van der Waals surface area contributed by atoms with Gasteiger partial charge in [0.15, 0.2) is 0 Å². The first kappa shape index (κ1) is 22.6. The number of anilines is 2. The van der Waals surface area contributed by atoms with Crippen LogP contribution in [0.2, 0.25) is 0 Å². The van der Waals surface area contributed by atoms with Crippen LogP contribution in [-0.4, -0.2) is 54.7 Å². The standard InChI is InChI=1S/C24H32N4O3/c1-5-31-23(29)19-10-11-21(25-16-19)27-12-7-13-28(15-14-27)24(30)26-22-18(4)8-6-9-20(22)17(2)3/h6,8-11,16-17H,5,7,12-15H2,1-4H3,(H,26,30). The molecule has 31 heavy (non-hydrogen) atoms. The van der Waals surface area contributed by atoms with Crippen LogP contribution in [0.15, 0.2) is 36.5 Å². The highest BCUT2D eigenvalue weighted by Gasteiger charge is 2.22. The minimum Gasteiger partial charge on any atom is -0.462 e. The first-order chi connectivity index (χ1) is 14.9. The van der Waals surface area contributed by atoms with Crippen LogP contribution in [0.5, 0.6) is 0 Å². The third kappa shape index (κ3) is 5.54. The lowest BCUT2D eigenvalue weighted by molar-refractivity contribution is 0.0526. The highest BCUT2D eigenvalue weighted by molar-refractivity contribution is 5.91. The van der Waals surface area contributed by atoms with Gasteiger partial charge < -0.3 is 19.9 Å². The van der Waals surface area contributed by atoms with Crippen molar-refractivity contribution in [2.45, 2.75) is 40.0 Å². The Hall–Kier alpha value is -3.09. The average molecular weight is 425 g/mol. The molecule has 1 aromatic carbocycles. The van der Waals surface area contributed by atoms with E-state index in [1.54, 1.807) is 19.2 Å². The van der Waals surface area contributed by atoms with Crippen LogP contribution in [0.3, 0.4) is 0 Å². The van der Waals surface area contributed by atoms with Gasteiger partial charge in [-0.25, -0.2) is 14.6 Å². The molecule has 1 fully saturated rings. The Balaban J connectivity index is 1.64.